The molecule has 2 amide bonds. The van der Waals surface area contributed by atoms with Gasteiger partial charge in [0.1, 0.15) is 23.7 Å². The van der Waals surface area contributed by atoms with Crippen LogP contribution in [0.5, 0.6) is 11.5 Å². The first-order chi connectivity index (χ1) is 19.4. The number of pyridine rings is 1. The van der Waals surface area contributed by atoms with E-state index in [9.17, 15) is 14.0 Å². The molecule has 1 saturated heterocycles. The summed E-state index contributed by atoms with van der Waals surface area (Å²) in [6.07, 6.45) is 4.19. The molecule has 0 unspecified atom stereocenters. The van der Waals surface area contributed by atoms with E-state index in [1.807, 2.05) is 35.2 Å². The molecule has 3 aromatic carbocycles. The molecule has 0 radical (unpaired) electrons. The fraction of sp³-hybridized carbons (Fsp3) is 0.281. The molecular weight excluding hydrogens is 509 g/mol. The fourth-order valence-electron chi connectivity index (χ4n) is 5.58. The Morgan fingerprint density at radius 2 is 1.70 bits per heavy atom. The maximum Gasteiger partial charge on any atom is 0.258 e. The van der Waals surface area contributed by atoms with Crippen LogP contribution in [0.15, 0.2) is 60.8 Å². The SMILES string of the molecule is COc1ccc(COc2c3c(c(C(=O)N4CCCC4)c4cc(Cc5ccc(F)cc5)cnc24)CN(C)C3=O)cc1. The van der Waals surface area contributed by atoms with Gasteiger partial charge in [-0.05, 0) is 66.3 Å². The second-order valence-corrected chi connectivity index (χ2v) is 10.4. The monoisotopic (exact) mass is 539 g/mol. The van der Waals surface area contributed by atoms with E-state index < -0.39 is 0 Å². The summed E-state index contributed by atoms with van der Waals surface area (Å²) >= 11 is 0. The molecule has 0 spiro atoms. The maximum absolute atomic E-state index is 14.0. The van der Waals surface area contributed by atoms with Crippen molar-refractivity contribution in [2.75, 3.05) is 27.2 Å². The quantitative estimate of drug-likeness (QED) is 0.316. The van der Waals surface area contributed by atoms with Crippen molar-refractivity contribution in [3.63, 3.8) is 0 Å². The Hall–Kier alpha value is -4.46. The lowest BCUT2D eigenvalue weighted by atomic mass is 9.94. The summed E-state index contributed by atoms with van der Waals surface area (Å²) in [7, 11) is 3.35. The lowest BCUT2D eigenvalue weighted by molar-refractivity contribution is 0.0786. The Bertz CT molecular complexity index is 1600. The largest absolute Gasteiger partial charge is 0.497 e. The Morgan fingerprint density at radius 1 is 1.00 bits per heavy atom. The Balaban J connectivity index is 1.49. The number of methoxy groups -OCH3 is 1. The van der Waals surface area contributed by atoms with Gasteiger partial charge in [0, 0.05) is 43.8 Å². The zero-order valence-corrected chi connectivity index (χ0v) is 22.6. The number of ether oxygens (including phenoxy) is 2. The van der Waals surface area contributed by atoms with Crippen molar-refractivity contribution < 1.29 is 23.5 Å². The third-order valence-corrected chi connectivity index (χ3v) is 7.69. The number of carbonyl (C=O) groups excluding carboxylic acids is 2. The predicted octanol–water partition coefficient (Wildman–Crippen LogP) is 5.37. The summed E-state index contributed by atoms with van der Waals surface area (Å²) < 4.78 is 25.1. The van der Waals surface area contributed by atoms with E-state index in [1.54, 1.807) is 37.4 Å². The number of carbonyl (C=O) groups is 2. The first-order valence-electron chi connectivity index (χ1n) is 13.5. The molecule has 0 saturated carbocycles. The van der Waals surface area contributed by atoms with Crippen molar-refractivity contribution in [1.29, 1.82) is 0 Å². The van der Waals surface area contributed by atoms with Crippen molar-refractivity contribution in [2.24, 2.45) is 0 Å². The van der Waals surface area contributed by atoms with Gasteiger partial charge in [-0.2, -0.15) is 0 Å². The first kappa shape index (κ1) is 25.8. The number of rotatable bonds is 7. The van der Waals surface area contributed by atoms with E-state index in [0.29, 0.717) is 59.4 Å². The molecule has 1 aromatic heterocycles. The average Bonchev–Trinajstić information content (AvgIpc) is 3.61. The van der Waals surface area contributed by atoms with Crippen molar-refractivity contribution in [3.05, 3.63) is 100.0 Å². The minimum atomic E-state index is -0.290. The van der Waals surface area contributed by atoms with Gasteiger partial charge in [0.25, 0.3) is 11.8 Å². The number of hydrogen-bond acceptors (Lipinski definition) is 5. The highest BCUT2D eigenvalue weighted by Crippen LogP contribution is 2.41. The van der Waals surface area contributed by atoms with Gasteiger partial charge in [-0.1, -0.05) is 24.3 Å². The van der Waals surface area contributed by atoms with E-state index in [1.165, 1.54) is 12.1 Å². The topological polar surface area (TPSA) is 72.0 Å². The molecule has 204 valence electrons. The lowest BCUT2D eigenvalue weighted by Crippen LogP contribution is -2.29. The highest BCUT2D eigenvalue weighted by Gasteiger charge is 2.37. The van der Waals surface area contributed by atoms with Crippen molar-refractivity contribution >= 4 is 22.7 Å². The number of aromatic nitrogens is 1. The van der Waals surface area contributed by atoms with Crippen LogP contribution in [0.3, 0.4) is 0 Å². The normalized spacial score (nSPS) is 14.6. The van der Waals surface area contributed by atoms with Gasteiger partial charge in [0.2, 0.25) is 0 Å². The van der Waals surface area contributed by atoms with E-state index in [2.05, 4.69) is 0 Å². The molecule has 2 aliphatic rings. The van der Waals surface area contributed by atoms with Gasteiger partial charge < -0.3 is 19.3 Å². The molecule has 4 aromatic rings. The fourth-order valence-corrected chi connectivity index (χ4v) is 5.58. The molecule has 0 atom stereocenters. The molecule has 6 rings (SSSR count). The molecule has 8 heteroatoms. The number of amides is 2. The highest BCUT2D eigenvalue weighted by atomic mass is 19.1. The molecule has 2 aliphatic heterocycles. The number of halogens is 1. The lowest BCUT2D eigenvalue weighted by Gasteiger charge is -2.21. The third-order valence-electron chi connectivity index (χ3n) is 7.69. The molecule has 7 nitrogen and oxygen atoms in total. The summed E-state index contributed by atoms with van der Waals surface area (Å²) in [5.41, 5.74) is 4.82. The van der Waals surface area contributed by atoms with Gasteiger partial charge in [-0.25, -0.2) is 4.39 Å². The van der Waals surface area contributed by atoms with Gasteiger partial charge >= 0.3 is 0 Å². The minimum absolute atomic E-state index is 0.0794. The summed E-state index contributed by atoms with van der Waals surface area (Å²) in [6.45, 7) is 1.93. The van der Waals surface area contributed by atoms with Crippen LogP contribution < -0.4 is 9.47 Å². The van der Waals surface area contributed by atoms with E-state index in [4.69, 9.17) is 14.5 Å². The van der Waals surface area contributed by atoms with E-state index in [0.717, 1.165) is 35.3 Å². The molecule has 0 N–H and O–H groups in total. The van der Waals surface area contributed by atoms with Crippen LogP contribution >= 0.6 is 0 Å². The molecule has 1 fully saturated rings. The maximum atomic E-state index is 14.0. The summed E-state index contributed by atoms with van der Waals surface area (Å²) in [6, 6.07) is 15.9. The Kier molecular flexibility index (Phi) is 6.84. The smallest absolute Gasteiger partial charge is 0.258 e. The van der Waals surface area contributed by atoms with Gasteiger partial charge in [-0.3, -0.25) is 14.6 Å². The second-order valence-electron chi connectivity index (χ2n) is 10.4. The number of likely N-dealkylation sites (tertiary alicyclic amines) is 1. The Morgan fingerprint density at radius 3 is 2.40 bits per heavy atom. The van der Waals surface area contributed by atoms with Crippen LogP contribution in [0.1, 0.15) is 55.8 Å². The number of benzene rings is 3. The molecule has 40 heavy (non-hydrogen) atoms. The summed E-state index contributed by atoms with van der Waals surface area (Å²) in [4.78, 5) is 35.7. The standard InChI is InChI=1S/C32H30FN3O4/c1-35-18-26-27(32(38)36-13-3-4-14-36)25-16-22(15-20-5-9-23(33)10-6-20)17-34-29(25)30(28(26)31(35)37)40-19-21-7-11-24(39-2)12-8-21/h5-12,16-17H,3-4,13-15,18-19H2,1-2H3. The molecule has 0 aliphatic carbocycles. The highest BCUT2D eigenvalue weighted by molar-refractivity contribution is 6.16. The molecule has 0 bridgehead atoms. The van der Waals surface area contributed by atoms with Crippen LogP contribution in [0.4, 0.5) is 4.39 Å². The number of nitrogens with zero attached hydrogens (tertiary/aromatic N) is 3. The van der Waals surface area contributed by atoms with Crippen LogP contribution in [0, 0.1) is 5.82 Å². The van der Waals surface area contributed by atoms with Gasteiger partial charge in [-0.15, -0.1) is 0 Å². The average molecular weight is 540 g/mol. The summed E-state index contributed by atoms with van der Waals surface area (Å²) in [5.74, 6) is 0.578. The molecular formula is C32H30FN3O4. The number of hydrogen-bond donors (Lipinski definition) is 0. The zero-order valence-electron chi connectivity index (χ0n) is 22.6. The Labute approximate surface area is 232 Å². The second kappa shape index (κ2) is 10.6. The van der Waals surface area contributed by atoms with Crippen molar-refractivity contribution in [2.45, 2.75) is 32.4 Å². The van der Waals surface area contributed by atoms with E-state index in [-0.39, 0.29) is 24.2 Å². The van der Waals surface area contributed by atoms with E-state index >= 15 is 0 Å². The first-order valence-corrected chi connectivity index (χ1v) is 13.5. The van der Waals surface area contributed by atoms with Crippen molar-refractivity contribution in [1.82, 2.24) is 14.8 Å². The van der Waals surface area contributed by atoms with Gasteiger partial charge in [0.15, 0.2) is 5.75 Å². The molecule has 3 heterocycles. The van der Waals surface area contributed by atoms with Crippen molar-refractivity contribution in [3.8, 4) is 11.5 Å². The predicted molar refractivity (Wildman–Crippen MR) is 149 cm³/mol. The third kappa shape index (κ3) is 4.74. The van der Waals surface area contributed by atoms with Crippen LogP contribution in [0.2, 0.25) is 0 Å². The zero-order chi connectivity index (χ0) is 27.8. The summed E-state index contributed by atoms with van der Waals surface area (Å²) in [5, 5.41) is 0.670. The van der Waals surface area contributed by atoms with Crippen LogP contribution in [-0.2, 0) is 19.6 Å². The minimum Gasteiger partial charge on any atom is -0.497 e. The van der Waals surface area contributed by atoms with Crippen LogP contribution in [0.25, 0.3) is 10.9 Å². The van der Waals surface area contributed by atoms with Crippen LogP contribution in [-0.4, -0.2) is 53.8 Å². The van der Waals surface area contributed by atoms with Gasteiger partial charge in [0.05, 0.1) is 18.2 Å². The number of fused-ring (bicyclic) bond motifs is 2.